The first-order valence-corrected chi connectivity index (χ1v) is 15.5. The zero-order chi connectivity index (χ0) is 30.7. The van der Waals surface area contributed by atoms with E-state index in [0.29, 0.717) is 59.3 Å². The highest BCUT2D eigenvalue weighted by molar-refractivity contribution is 9.10. The Kier molecular flexibility index (Phi) is 9.49. The van der Waals surface area contributed by atoms with Crippen molar-refractivity contribution in [2.45, 2.75) is 33.4 Å². The molecule has 5 rings (SSSR count). The number of hydrogen-bond donors (Lipinski definition) is 0. The molecule has 1 aliphatic rings. The summed E-state index contributed by atoms with van der Waals surface area (Å²) in [5.41, 5.74) is 2.67. The number of thiazole rings is 1. The maximum atomic E-state index is 14.0. The Balaban J connectivity index is 1.58. The number of rotatable bonds is 9. The van der Waals surface area contributed by atoms with Gasteiger partial charge in [-0.05, 0) is 79.9 Å². The molecule has 3 aromatic carbocycles. The Labute approximate surface area is 264 Å². The Morgan fingerprint density at radius 2 is 1.77 bits per heavy atom. The van der Waals surface area contributed by atoms with Crippen LogP contribution in [0.5, 0.6) is 11.5 Å². The second-order valence-corrected chi connectivity index (χ2v) is 11.8. The predicted molar refractivity (Wildman–Crippen MR) is 168 cm³/mol. The predicted octanol–water partition coefficient (Wildman–Crippen LogP) is 6.33. The van der Waals surface area contributed by atoms with Crippen molar-refractivity contribution in [2.24, 2.45) is 4.99 Å². The third-order valence-corrected chi connectivity index (χ3v) is 8.58. The molecule has 222 valence electrons. The van der Waals surface area contributed by atoms with E-state index in [1.54, 1.807) is 68.5 Å². The monoisotopic (exact) mass is 684 g/mol. The van der Waals surface area contributed by atoms with Crippen LogP contribution in [0.25, 0.3) is 6.08 Å². The highest BCUT2D eigenvalue weighted by atomic mass is 79.9. The smallest absolute Gasteiger partial charge is 0.338 e. The number of hydrogen-bond acceptors (Lipinski definition) is 7. The van der Waals surface area contributed by atoms with Gasteiger partial charge in [-0.1, -0.05) is 63.1 Å². The fraction of sp³-hybridized carbons (Fsp3) is 0.219. The molecule has 0 spiro atoms. The number of esters is 1. The Hall–Kier alpha value is -3.73. The summed E-state index contributed by atoms with van der Waals surface area (Å²) in [5, 5.41) is 0.537. The summed E-state index contributed by atoms with van der Waals surface area (Å²) >= 11 is 11.0. The quantitative estimate of drug-likeness (QED) is 0.193. The Morgan fingerprint density at radius 3 is 2.44 bits per heavy atom. The molecule has 0 fully saturated rings. The zero-order valence-electron chi connectivity index (χ0n) is 23.5. The molecule has 7 nitrogen and oxygen atoms in total. The van der Waals surface area contributed by atoms with Gasteiger partial charge in [0.25, 0.3) is 5.56 Å². The summed E-state index contributed by atoms with van der Waals surface area (Å²) in [6, 6.07) is 15.9. The summed E-state index contributed by atoms with van der Waals surface area (Å²) in [6.45, 7) is 6.14. The van der Waals surface area contributed by atoms with Crippen molar-refractivity contribution >= 4 is 50.9 Å². The molecule has 1 aliphatic heterocycles. The fourth-order valence-corrected chi connectivity index (χ4v) is 6.28. The van der Waals surface area contributed by atoms with Crippen LogP contribution in [0.1, 0.15) is 43.5 Å². The Bertz CT molecular complexity index is 1880. The van der Waals surface area contributed by atoms with Crippen molar-refractivity contribution in [2.75, 3.05) is 13.2 Å². The maximum Gasteiger partial charge on any atom is 0.338 e. The highest BCUT2D eigenvalue weighted by Gasteiger charge is 2.33. The number of fused-ring (bicyclic) bond motifs is 1. The number of benzene rings is 3. The third kappa shape index (κ3) is 6.61. The zero-order valence-corrected chi connectivity index (χ0v) is 26.7. The lowest BCUT2D eigenvalue weighted by molar-refractivity contribution is -0.139. The van der Waals surface area contributed by atoms with E-state index >= 15 is 0 Å². The second-order valence-electron chi connectivity index (χ2n) is 9.52. The number of aromatic nitrogens is 1. The van der Waals surface area contributed by atoms with Gasteiger partial charge in [0, 0.05) is 9.50 Å². The normalized spacial score (nSPS) is 14.7. The van der Waals surface area contributed by atoms with E-state index in [9.17, 15) is 14.0 Å². The lowest BCUT2D eigenvalue weighted by Gasteiger charge is -2.24. The van der Waals surface area contributed by atoms with Crippen LogP contribution in [-0.2, 0) is 16.1 Å². The first-order valence-electron chi connectivity index (χ1n) is 13.5. The van der Waals surface area contributed by atoms with E-state index in [0.717, 1.165) is 5.56 Å². The molecular weight excluding hydrogens is 659 g/mol. The SMILES string of the molecule is CCOC(=O)C1=C(C)N=c2s/c(=C\c3cc(OCC)c(OCc4ccc(F)cc4)cc3Br)c(=O)n2[C@H]1c1ccc(Cl)cc1. The van der Waals surface area contributed by atoms with Gasteiger partial charge in [-0.2, -0.15) is 0 Å². The topological polar surface area (TPSA) is 79.1 Å². The van der Waals surface area contributed by atoms with Gasteiger partial charge in [0.2, 0.25) is 0 Å². The molecule has 4 aromatic rings. The van der Waals surface area contributed by atoms with Gasteiger partial charge < -0.3 is 14.2 Å². The molecule has 0 N–H and O–H groups in total. The molecule has 2 heterocycles. The van der Waals surface area contributed by atoms with Crippen LogP contribution in [0, 0.1) is 5.82 Å². The van der Waals surface area contributed by atoms with Gasteiger partial charge in [0.1, 0.15) is 12.4 Å². The average molecular weight is 686 g/mol. The number of carbonyl (C=O) groups is 1. The van der Waals surface area contributed by atoms with E-state index in [1.165, 1.54) is 28.0 Å². The summed E-state index contributed by atoms with van der Waals surface area (Å²) in [4.78, 5) is 32.1. The molecule has 0 amide bonds. The van der Waals surface area contributed by atoms with Gasteiger partial charge in [-0.15, -0.1) is 0 Å². The number of allylic oxidation sites excluding steroid dienone is 1. The molecule has 0 saturated carbocycles. The van der Waals surface area contributed by atoms with Crippen molar-refractivity contribution in [3.05, 3.63) is 124 Å². The molecule has 0 aliphatic carbocycles. The molecule has 11 heteroatoms. The van der Waals surface area contributed by atoms with Gasteiger partial charge in [-0.25, -0.2) is 14.2 Å². The van der Waals surface area contributed by atoms with E-state index in [1.807, 2.05) is 6.92 Å². The average Bonchev–Trinajstić information content (AvgIpc) is 3.28. The van der Waals surface area contributed by atoms with E-state index in [-0.39, 0.29) is 24.6 Å². The molecular formula is C32H27BrClFN2O5S. The Morgan fingerprint density at radius 1 is 1.07 bits per heavy atom. The first-order chi connectivity index (χ1) is 20.7. The number of carbonyl (C=O) groups excluding carboxylic acids is 1. The minimum atomic E-state index is -0.737. The lowest BCUT2D eigenvalue weighted by Crippen LogP contribution is -2.39. The van der Waals surface area contributed by atoms with Crippen LogP contribution < -0.4 is 24.4 Å². The van der Waals surface area contributed by atoms with Gasteiger partial charge >= 0.3 is 5.97 Å². The third-order valence-electron chi connectivity index (χ3n) is 6.66. The number of halogens is 3. The van der Waals surface area contributed by atoms with Crippen molar-refractivity contribution in [1.29, 1.82) is 0 Å². The molecule has 1 atom stereocenters. The molecule has 0 radical (unpaired) electrons. The molecule has 0 saturated heterocycles. The van der Waals surface area contributed by atoms with Crippen LogP contribution in [-0.4, -0.2) is 23.8 Å². The first kappa shape index (κ1) is 30.7. The summed E-state index contributed by atoms with van der Waals surface area (Å²) < 4.78 is 33.1. The summed E-state index contributed by atoms with van der Waals surface area (Å²) in [7, 11) is 0. The van der Waals surface area contributed by atoms with Crippen LogP contribution in [0.15, 0.2) is 86.2 Å². The second kappa shape index (κ2) is 13.3. The van der Waals surface area contributed by atoms with Crippen molar-refractivity contribution < 1.29 is 23.4 Å². The molecule has 0 unspecified atom stereocenters. The molecule has 43 heavy (non-hydrogen) atoms. The summed E-state index contributed by atoms with van der Waals surface area (Å²) in [5.74, 6) is 0.140. The minimum Gasteiger partial charge on any atom is -0.490 e. The molecule has 1 aromatic heterocycles. The number of nitrogens with zero attached hydrogens (tertiary/aromatic N) is 2. The van der Waals surface area contributed by atoms with E-state index in [4.69, 9.17) is 25.8 Å². The largest absolute Gasteiger partial charge is 0.490 e. The van der Waals surface area contributed by atoms with Crippen molar-refractivity contribution in [3.63, 3.8) is 0 Å². The lowest BCUT2D eigenvalue weighted by atomic mass is 9.96. The molecule has 0 bridgehead atoms. The van der Waals surface area contributed by atoms with Gasteiger partial charge in [0.15, 0.2) is 16.3 Å². The van der Waals surface area contributed by atoms with Gasteiger partial charge in [0.05, 0.1) is 35.1 Å². The van der Waals surface area contributed by atoms with Crippen LogP contribution in [0.4, 0.5) is 4.39 Å². The summed E-state index contributed by atoms with van der Waals surface area (Å²) in [6.07, 6.45) is 1.75. The van der Waals surface area contributed by atoms with Gasteiger partial charge in [-0.3, -0.25) is 9.36 Å². The standard InChI is InChI=1S/C32H27BrClFN2O5S/c1-4-40-25-14-21(24(33)16-26(25)42-17-19-6-12-23(35)13-7-19)15-27-30(38)37-29(20-8-10-22(34)11-9-20)28(31(39)41-5-2)18(3)36-32(37)43-27/h6-16,29H,4-5,17H2,1-3H3/b27-15-/t29-/m0/s1. The van der Waals surface area contributed by atoms with E-state index in [2.05, 4.69) is 20.9 Å². The van der Waals surface area contributed by atoms with Crippen molar-refractivity contribution in [1.82, 2.24) is 4.57 Å². The van der Waals surface area contributed by atoms with Crippen LogP contribution in [0.2, 0.25) is 5.02 Å². The minimum absolute atomic E-state index is 0.188. The number of ether oxygens (including phenoxy) is 3. The van der Waals surface area contributed by atoms with E-state index < -0.39 is 12.0 Å². The van der Waals surface area contributed by atoms with Crippen LogP contribution in [0.3, 0.4) is 0 Å². The van der Waals surface area contributed by atoms with Crippen LogP contribution >= 0.6 is 38.9 Å². The maximum absolute atomic E-state index is 14.0. The fourth-order valence-electron chi connectivity index (χ4n) is 4.68. The van der Waals surface area contributed by atoms with Crippen molar-refractivity contribution in [3.8, 4) is 11.5 Å². The highest BCUT2D eigenvalue weighted by Crippen LogP contribution is 2.35.